The second-order valence-corrected chi connectivity index (χ2v) is 12.2. The summed E-state index contributed by atoms with van der Waals surface area (Å²) in [7, 11) is 1.12. The first-order chi connectivity index (χ1) is 20.7. The highest BCUT2D eigenvalue weighted by Crippen LogP contribution is 2.32. The van der Waals surface area contributed by atoms with Crippen molar-refractivity contribution in [2.24, 2.45) is 0 Å². The first-order valence-corrected chi connectivity index (χ1v) is 14.9. The van der Waals surface area contributed by atoms with Gasteiger partial charge in [-0.25, -0.2) is 22.0 Å². The Morgan fingerprint density at radius 2 is 1.80 bits per heavy atom. The van der Waals surface area contributed by atoms with E-state index >= 15 is 0 Å². The molecule has 0 saturated carbocycles. The number of carbonyl (C=O) groups excluding carboxylic acids is 2. The summed E-state index contributed by atoms with van der Waals surface area (Å²) < 4.78 is 61.1. The molecule has 1 aliphatic heterocycles. The highest BCUT2D eigenvalue weighted by Gasteiger charge is 2.35. The van der Waals surface area contributed by atoms with Crippen molar-refractivity contribution in [1.82, 2.24) is 19.0 Å². The molecule has 0 fully saturated rings. The molecule has 2 heterocycles. The predicted octanol–water partition coefficient (Wildman–Crippen LogP) is 3.07. The summed E-state index contributed by atoms with van der Waals surface area (Å²) in [5.41, 5.74) is 0.0833. The average molecular weight is 636 g/mol. The van der Waals surface area contributed by atoms with E-state index < -0.39 is 55.7 Å². The number of ether oxygens (including phenoxy) is 1. The highest BCUT2D eigenvalue weighted by molar-refractivity contribution is 7.89. The van der Waals surface area contributed by atoms with Gasteiger partial charge in [-0.15, -0.1) is 5.10 Å². The van der Waals surface area contributed by atoms with E-state index in [2.05, 4.69) is 10.4 Å². The third kappa shape index (κ3) is 6.84. The molecule has 2 aromatic carbocycles. The molecular formula is C27H31F2N7O7S. The van der Waals surface area contributed by atoms with Crippen molar-refractivity contribution in [2.45, 2.75) is 24.8 Å². The molecule has 1 N–H and O–H groups in total. The van der Waals surface area contributed by atoms with Gasteiger partial charge in [0.2, 0.25) is 10.0 Å². The van der Waals surface area contributed by atoms with E-state index in [1.807, 2.05) is 19.0 Å². The molecule has 0 saturated heterocycles. The van der Waals surface area contributed by atoms with E-state index in [1.54, 1.807) is 24.9 Å². The number of nitro groups is 1. The number of nitrogens with one attached hydrogen (secondary N) is 1. The minimum atomic E-state index is -4.42. The van der Waals surface area contributed by atoms with E-state index in [9.17, 15) is 36.9 Å². The van der Waals surface area contributed by atoms with Crippen molar-refractivity contribution < 1.29 is 36.4 Å². The number of halogens is 2. The molecule has 4 rings (SSSR count). The van der Waals surface area contributed by atoms with Crippen LogP contribution in [0.1, 0.15) is 28.5 Å². The fourth-order valence-corrected chi connectivity index (χ4v) is 6.07. The molecule has 3 aromatic rings. The number of aromatic nitrogens is 2. The molecule has 0 bridgehead atoms. The van der Waals surface area contributed by atoms with E-state index in [-0.39, 0.29) is 42.2 Å². The number of amides is 1. The minimum Gasteiger partial charge on any atom is -0.448 e. The summed E-state index contributed by atoms with van der Waals surface area (Å²) in [6.07, 6.45) is -0.953. The topological polar surface area (TPSA) is 160 Å². The van der Waals surface area contributed by atoms with Crippen LogP contribution in [0.25, 0.3) is 0 Å². The smallest absolute Gasteiger partial charge is 0.434 e. The number of rotatable bonds is 10. The molecule has 17 heteroatoms. The quantitative estimate of drug-likeness (QED) is 0.259. The van der Waals surface area contributed by atoms with Gasteiger partial charge < -0.3 is 19.9 Å². The van der Waals surface area contributed by atoms with Gasteiger partial charge in [-0.3, -0.25) is 14.9 Å². The third-order valence-electron chi connectivity index (χ3n) is 6.91. The van der Waals surface area contributed by atoms with Crippen molar-refractivity contribution >= 4 is 39.2 Å². The van der Waals surface area contributed by atoms with Gasteiger partial charge >= 0.3 is 6.09 Å². The van der Waals surface area contributed by atoms with E-state index in [0.717, 1.165) is 8.99 Å². The monoisotopic (exact) mass is 635 g/mol. The number of hydrogen-bond acceptors (Lipinski definition) is 10. The molecule has 0 radical (unpaired) electrons. The fourth-order valence-electron chi connectivity index (χ4n) is 4.62. The van der Waals surface area contributed by atoms with Crippen LogP contribution in [0.15, 0.2) is 41.3 Å². The summed E-state index contributed by atoms with van der Waals surface area (Å²) in [5, 5.41) is 18.6. The first-order valence-electron chi connectivity index (χ1n) is 13.4. The molecule has 1 amide bonds. The first kappa shape index (κ1) is 32.4. The molecule has 1 aromatic heterocycles. The number of sulfonamides is 1. The summed E-state index contributed by atoms with van der Waals surface area (Å²) >= 11 is 0. The fraction of sp³-hybridized carbons (Fsp3) is 0.370. The maximum Gasteiger partial charge on any atom is 0.434 e. The van der Waals surface area contributed by atoms with Crippen LogP contribution in [0.3, 0.4) is 0 Å². The van der Waals surface area contributed by atoms with Gasteiger partial charge in [0, 0.05) is 63.0 Å². The normalized spacial score (nSPS) is 13.4. The lowest BCUT2D eigenvalue weighted by Crippen LogP contribution is -2.37. The maximum absolute atomic E-state index is 13.8. The zero-order valence-electron chi connectivity index (χ0n) is 24.4. The van der Waals surface area contributed by atoms with Gasteiger partial charge in [0.05, 0.1) is 22.1 Å². The summed E-state index contributed by atoms with van der Waals surface area (Å²) in [4.78, 5) is 40.4. The predicted molar refractivity (Wildman–Crippen MR) is 155 cm³/mol. The Morgan fingerprint density at radius 3 is 2.41 bits per heavy atom. The molecular weight excluding hydrogens is 604 g/mol. The largest absolute Gasteiger partial charge is 0.448 e. The SMILES string of the molecule is CCOC(=O)n1nc(NC(=O)c2ccc(N(C)CCN(C)C)cc2[N+](=O)[O-])c2c1CCN(S(=O)(=O)c1cc(F)cc(F)c1)C2. The number of benzene rings is 2. The molecule has 0 atom stereocenters. The van der Waals surface area contributed by atoms with Gasteiger partial charge in [-0.1, -0.05) is 0 Å². The molecule has 236 valence electrons. The Morgan fingerprint density at radius 1 is 1.11 bits per heavy atom. The Balaban J connectivity index is 1.69. The number of nitro benzene ring substituents is 1. The van der Waals surface area contributed by atoms with Crippen LogP contribution in [0, 0.1) is 21.7 Å². The van der Waals surface area contributed by atoms with Crippen molar-refractivity contribution in [3.8, 4) is 0 Å². The summed E-state index contributed by atoms with van der Waals surface area (Å²) in [6.45, 7) is 2.21. The zero-order valence-corrected chi connectivity index (χ0v) is 25.2. The van der Waals surface area contributed by atoms with Crippen LogP contribution in [-0.2, 0) is 27.7 Å². The Labute approximate surface area is 252 Å². The van der Waals surface area contributed by atoms with Crippen molar-refractivity contribution in [3.05, 3.63) is 75.0 Å². The van der Waals surface area contributed by atoms with Crippen molar-refractivity contribution in [1.29, 1.82) is 0 Å². The molecule has 0 aliphatic carbocycles. The third-order valence-corrected chi connectivity index (χ3v) is 8.74. The average Bonchev–Trinajstić information content (AvgIpc) is 3.32. The number of hydrogen-bond donors (Lipinski definition) is 1. The summed E-state index contributed by atoms with van der Waals surface area (Å²) in [6, 6.07) is 6.01. The number of likely N-dealkylation sites (N-methyl/N-ethyl adjacent to an activating group) is 2. The van der Waals surface area contributed by atoms with E-state index in [1.165, 1.54) is 12.1 Å². The number of nitrogens with zero attached hydrogens (tertiary/aromatic N) is 6. The Hall–Kier alpha value is -4.48. The van der Waals surface area contributed by atoms with Crippen LogP contribution in [-0.4, -0.2) is 91.7 Å². The van der Waals surface area contributed by atoms with Crippen LogP contribution < -0.4 is 10.2 Å². The van der Waals surface area contributed by atoms with Gasteiger partial charge in [0.1, 0.15) is 17.2 Å². The second-order valence-electron chi connectivity index (χ2n) is 10.2. The van der Waals surface area contributed by atoms with E-state index in [0.29, 0.717) is 37.0 Å². The van der Waals surface area contributed by atoms with Crippen LogP contribution in [0.4, 0.5) is 30.8 Å². The minimum absolute atomic E-state index is 0.00231. The number of anilines is 2. The van der Waals surface area contributed by atoms with Gasteiger partial charge in [-0.2, -0.15) is 8.99 Å². The van der Waals surface area contributed by atoms with E-state index in [4.69, 9.17) is 4.74 Å². The maximum atomic E-state index is 13.8. The van der Waals surface area contributed by atoms with Crippen molar-refractivity contribution in [2.75, 3.05) is 57.6 Å². The van der Waals surface area contributed by atoms with Crippen LogP contribution >= 0.6 is 0 Å². The van der Waals surface area contributed by atoms with Crippen LogP contribution in [0.2, 0.25) is 0 Å². The lowest BCUT2D eigenvalue weighted by atomic mass is 10.1. The molecule has 1 aliphatic rings. The van der Waals surface area contributed by atoms with Gasteiger partial charge in [0.25, 0.3) is 11.6 Å². The lowest BCUT2D eigenvalue weighted by Gasteiger charge is -2.27. The summed E-state index contributed by atoms with van der Waals surface area (Å²) in [5.74, 6) is -3.32. The standard InChI is InChI=1S/C27H31F2N7O7S/c1-5-43-27(38)35-23-8-9-34(44(41,42)20-13-17(28)12-18(29)14-20)16-22(23)25(31-35)30-26(37)21-7-6-19(15-24(21)36(39)40)33(4)11-10-32(2)3/h6-7,12-15H,5,8-11,16H2,1-4H3,(H,30,31,37). The van der Waals surface area contributed by atoms with Crippen LogP contribution in [0.5, 0.6) is 0 Å². The Bertz CT molecular complexity index is 1690. The Kier molecular flexibility index (Phi) is 9.60. The van der Waals surface area contributed by atoms with Gasteiger partial charge in [-0.05, 0) is 45.3 Å². The molecule has 14 nitrogen and oxygen atoms in total. The molecule has 44 heavy (non-hydrogen) atoms. The number of carbonyl (C=O) groups is 2. The van der Waals surface area contributed by atoms with Crippen molar-refractivity contribution in [3.63, 3.8) is 0 Å². The zero-order chi connectivity index (χ0) is 32.3. The molecule has 0 spiro atoms. The number of fused-ring (bicyclic) bond motifs is 1. The van der Waals surface area contributed by atoms with Gasteiger partial charge in [0.15, 0.2) is 5.82 Å². The lowest BCUT2D eigenvalue weighted by molar-refractivity contribution is -0.385. The second kappa shape index (κ2) is 13.0. The molecule has 0 unspecified atom stereocenters. The highest BCUT2D eigenvalue weighted by atomic mass is 32.2.